The summed E-state index contributed by atoms with van der Waals surface area (Å²) in [6.07, 6.45) is 4.73. The largest absolute Gasteiger partial charge is 0.380 e. The van der Waals surface area contributed by atoms with Crippen molar-refractivity contribution in [3.05, 3.63) is 41.7 Å². The molecule has 2 aromatic heterocycles. The van der Waals surface area contributed by atoms with Crippen LogP contribution in [0.2, 0.25) is 0 Å². The summed E-state index contributed by atoms with van der Waals surface area (Å²) in [5, 5.41) is 0. The quantitative estimate of drug-likeness (QED) is 0.874. The Balaban J connectivity index is 1.74. The second-order valence-corrected chi connectivity index (χ2v) is 6.11. The maximum Gasteiger partial charge on any atom is 0.269 e. The van der Waals surface area contributed by atoms with Crippen molar-refractivity contribution in [3.8, 4) is 0 Å². The molecule has 0 saturated carbocycles. The van der Waals surface area contributed by atoms with E-state index in [4.69, 9.17) is 4.74 Å². The molecule has 0 aliphatic carbocycles. The number of hydrogen-bond donors (Lipinski definition) is 2. The molecular weight excluding hydrogens is 294 g/mol. The average Bonchev–Trinajstić information content (AvgIpc) is 3.26. The lowest BCUT2D eigenvalue weighted by Gasteiger charge is -2.21. The smallest absolute Gasteiger partial charge is 0.269 e. The van der Waals surface area contributed by atoms with Crippen molar-refractivity contribution in [2.45, 2.75) is 25.1 Å². The number of likely N-dealkylation sites (tertiary alicyclic amines) is 1. The highest BCUT2D eigenvalue weighted by molar-refractivity contribution is 5.92. The molecule has 1 aliphatic heterocycles. The van der Waals surface area contributed by atoms with Gasteiger partial charge in [-0.1, -0.05) is 0 Å². The summed E-state index contributed by atoms with van der Waals surface area (Å²) in [7, 11) is 5.24. The molecule has 3 heterocycles. The van der Waals surface area contributed by atoms with Gasteiger partial charge in [-0.3, -0.25) is 9.69 Å². The van der Waals surface area contributed by atoms with Crippen LogP contribution in [0.25, 0.3) is 0 Å². The molecule has 2 N–H and O–H groups in total. The first-order valence-electron chi connectivity index (χ1n) is 7.74. The summed E-state index contributed by atoms with van der Waals surface area (Å²) in [6, 6.07) is 4.01. The maximum absolute atomic E-state index is 12.0. The fourth-order valence-electron chi connectivity index (χ4n) is 3.07. The molecule has 1 unspecified atom stereocenters. The van der Waals surface area contributed by atoms with Crippen LogP contribution in [-0.4, -0.2) is 64.5 Å². The van der Waals surface area contributed by atoms with Crippen molar-refractivity contribution in [1.29, 1.82) is 0 Å². The van der Waals surface area contributed by atoms with Crippen LogP contribution in [0.3, 0.4) is 0 Å². The summed E-state index contributed by atoms with van der Waals surface area (Å²) < 4.78 is 5.53. The summed E-state index contributed by atoms with van der Waals surface area (Å²) in [6.45, 7) is 1.57. The molecule has 2 aromatic rings. The van der Waals surface area contributed by atoms with Crippen molar-refractivity contribution in [2.75, 3.05) is 27.7 Å². The van der Waals surface area contributed by atoms with E-state index >= 15 is 0 Å². The summed E-state index contributed by atoms with van der Waals surface area (Å²) in [5.41, 5.74) is 1.63. The van der Waals surface area contributed by atoms with E-state index < -0.39 is 0 Å². The van der Waals surface area contributed by atoms with E-state index in [-0.39, 0.29) is 18.1 Å². The van der Waals surface area contributed by atoms with Crippen LogP contribution in [0.4, 0.5) is 0 Å². The average molecular weight is 317 g/mol. The Morgan fingerprint density at radius 1 is 1.48 bits per heavy atom. The number of rotatable bonds is 5. The van der Waals surface area contributed by atoms with Crippen molar-refractivity contribution >= 4 is 5.91 Å². The highest BCUT2D eigenvalue weighted by Crippen LogP contribution is 2.32. The molecule has 0 aromatic carbocycles. The second kappa shape index (κ2) is 6.55. The first-order chi connectivity index (χ1) is 11.1. The minimum Gasteiger partial charge on any atom is -0.380 e. The Morgan fingerprint density at radius 3 is 2.96 bits per heavy atom. The zero-order chi connectivity index (χ0) is 16.4. The third-order valence-corrected chi connectivity index (χ3v) is 4.29. The van der Waals surface area contributed by atoms with Crippen LogP contribution in [0.15, 0.2) is 24.5 Å². The second-order valence-electron chi connectivity index (χ2n) is 6.11. The van der Waals surface area contributed by atoms with Crippen LogP contribution >= 0.6 is 0 Å². The monoisotopic (exact) mass is 317 g/mol. The Labute approximate surface area is 135 Å². The van der Waals surface area contributed by atoms with Gasteiger partial charge in [0.25, 0.3) is 5.91 Å². The zero-order valence-corrected chi connectivity index (χ0v) is 13.7. The number of imidazole rings is 1. The standard InChI is InChI=1S/C16H23N5O2/c1-20(2)16(22)13-5-4-11(19-13)9-21-10-12(23-3)8-14(21)15-17-6-7-18-15/h4-7,12,14,19H,8-10H2,1-3H3,(H,17,18)/t12-,14?/m1/s1. The lowest BCUT2D eigenvalue weighted by atomic mass is 10.2. The highest BCUT2D eigenvalue weighted by Gasteiger charge is 2.34. The van der Waals surface area contributed by atoms with Gasteiger partial charge in [-0.2, -0.15) is 0 Å². The Morgan fingerprint density at radius 2 is 2.30 bits per heavy atom. The first-order valence-corrected chi connectivity index (χ1v) is 7.74. The molecule has 1 amide bonds. The predicted molar refractivity (Wildman–Crippen MR) is 86.0 cm³/mol. The number of nitrogens with one attached hydrogen (secondary N) is 2. The molecule has 2 atom stereocenters. The van der Waals surface area contributed by atoms with Gasteiger partial charge in [-0.25, -0.2) is 4.98 Å². The van der Waals surface area contributed by atoms with Crippen LogP contribution < -0.4 is 0 Å². The van der Waals surface area contributed by atoms with Crippen molar-refractivity contribution in [3.63, 3.8) is 0 Å². The number of hydrogen-bond acceptors (Lipinski definition) is 4. The van der Waals surface area contributed by atoms with Gasteiger partial charge in [0.2, 0.25) is 0 Å². The molecule has 7 nitrogen and oxygen atoms in total. The van der Waals surface area contributed by atoms with Gasteiger partial charge in [0, 0.05) is 52.4 Å². The van der Waals surface area contributed by atoms with Crippen molar-refractivity contribution in [1.82, 2.24) is 24.8 Å². The molecule has 23 heavy (non-hydrogen) atoms. The molecule has 0 radical (unpaired) electrons. The van der Waals surface area contributed by atoms with E-state index in [1.165, 1.54) is 0 Å². The molecule has 3 rings (SSSR count). The number of carbonyl (C=O) groups is 1. The summed E-state index contributed by atoms with van der Waals surface area (Å²) in [4.78, 5) is 26.7. The third-order valence-electron chi connectivity index (χ3n) is 4.29. The number of aromatic amines is 2. The molecule has 124 valence electrons. The molecule has 7 heteroatoms. The fraction of sp³-hybridized carbons (Fsp3) is 0.500. The van der Waals surface area contributed by atoms with Crippen LogP contribution in [0, 0.1) is 0 Å². The normalized spacial score (nSPS) is 21.7. The first kappa shape index (κ1) is 15.8. The van der Waals surface area contributed by atoms with E-state index in [1.807, 2.05) is 18.3 Å². The molecular formula is C16H23N5O2. The van der Waals surface area contributed by atoms with Crippen molar-refractivity contribution < 1.29 is 9.53 Å². The number of methoxy groups -OCH3 is 1. The number of nitrogens with zero attached hydrogens (tertiary/aromatic N) is 3. The van der Waals surface area contributed by atoms with Gasteiger partial charge in [-0.05, 0) is 18.6 Å². The maximum atomic E-state index is 12.0. The zero-order valence-electron chi connectivity index (χ0n) is 13.7. The topological polar surface area (TPSA) is 77.2 Å². The molecule has 1 saturated heterocycles. The number of aromatic nitrogens is 3. The number of H-pyrrole nitrogens is 2. The van der Waals surface area contributed by atoms with E-state index in [1.54, 1.807) is 32.3 Å². The minimum atomic E-state index is -0.0185. The SMILES string of the molecule is CO[C@@H]1CC(c2ncc[nH]2)N(Cc2ccc(C(=O)N(C)C)[nH]2)C1. The molecule has 0 spiro atoms. The van der Waals surface area contributed by atoms with Gasteiger partial charge < -0.3 is 19.6 Å². The number of carbonyl (C=O) groups excluding carboxylic acids is 1. The molecule has 1 fully saturated rings. The van der Waals surface area contributed by atoms with E-state index in [0.717, 1.165) is 31.0 Å². The van der Waals surface area contributed by atoms with Crippen LogP contribution in [0.1, 0.15) is 34.5 Å². The minimum absolute atomic E-state index is 0.0185. The lowest BCUT2D eigenvalue weighted by molar-refractivity contribution is 0.0822. The Bertz CT molecular complexity index is 649. The van der Waals surface area contributed by atoms with Gasteiger partial charge in [-0.15, -0.1) is 0 Å². The third kappa shape index (κ3) is 3.30. The van der Waals surface area contributed by atoms with Gasteiger partial charge in [0.1, 0.15) is 11.5 Å². The lowest BCUT2D eigenvalue weighted by Crippen LogP contribution is -2.26. The van der Waals surface area contributed by atoms with Gasteiger partial charge in [0.05, 0.1) is 12.1 Å². The Kier molecular flexibility index (Phi) is 4.49. The van der Waals surface area contributed by atoms with Crippen LogP contribution in [0.5, 0.6) is 0 Å². The van der Waals surface area contributed by atoms with Crippen molar-refractivity contribution in [2.24, 2.45) is 0 Å². The predicted octanol–water partition coefficient (Wildman–Crippen LogP) is 1.40. The van der Waals surface area contributed by atoms with E-state index in [9.17, 15) is 4.79 Å². The highest BCUT2D eigenvalue weighted by atomic mass is 16.5. The van der Waals surface area contributed by atoms with Gasteiger partial charge in [0.15, 0.2) is 0 Å². The Hall–Kier alpha value is -2.12. The van der Waals surface area contributed by atoms with Gasteiger partial charge >= 0.3 is 0 Å². The fourth-order valence-corrected chi connectivity index (χ4v) is 3.07. The summed E-state index contributed by atoms with van der Waals surface area (Å²) in [5.74, 6) is 0.940. The number of ether oxygens (including phenoxy) is 1. The molecule has 0 bridgehead atoms. The summed E-state index contributed by atoms with van der Waals surface area (Å²) >= 11 is 0. The van der Waals surface area contributed by atoms with E-state index in [2.05, 4.69) is 19.9 Å². The number of amides is 1. The van der Waals surface area contributed by atoms with E-state index in [0.29, 0.717) is 5.69 Å². The van der Waals surface area contributed by atoms with Crippen LogP contribution in [-0.2, 0) is 11.3 Å². The molecule has 1 aliphatic rings.